The average Bonchev–Trinajstić information content (AvgIpc) is 2.61. The van der Waals surface area contributed by atoms with Crippen LogP contribution >= 0.6 is 24.4 Å². The Morgan fingerprint density at radius 3 is 2.53 bits per heavy atom. The predicted octanol–water partition coefficient (Wildman–Crippen LogP) is 0.261. The number of hydrazine groups is 3. The van der Waals surface area contributed by atoms with Gasteiger partial charge < -0.3 is 5.73 Å². The van der Waals surface area contributed by atoms with Crippen molar-refractivity contribution in [2.45, 2.75) is 0 Å². The molecule has 0 aromatic heterocycles. The van der Waals surface area contributed by atoms with E-state index >= 15 is 0 Å². The highest BCUT2D eigenvalue weighted by Gasteiger charge is 2.27. The monoisotopic (exact) mass is 239 g/mol. The Morgan fingerprint density at radius 1 is 1.27 bits per heavy atom. The second kappa shape index (κ2) is 3.97. The normalized spacial score (nSPS) is 15.3. The van der Waals surface area contributed by atoms with Crippen LogP contribution in [-0.2, 0) is 0 Å². The first kappa shape index (κ1) is 10.1. The number of nitrogens with two attached hydrogens (primary N) is 1. The second-order valence-electron chi connectivity index (χ2n) is 2.84. The molecule has 0 atom stereocenters. The highest BCUT2D eigenvalue weighted by Crippen LogP contribution is 2.17. The Labute approximate surface area is 97.7 Å². The molecule has 0 aliphatic carbocycles. The van der Waals surface area contributed by atoms with Gasteiger partial charge in [-0.3, -0.25) is 5.43 Å². The van der Waals surface area contributed by atoms with Crippen molar-refractivity contribution in [3.8, 4) is 0 Å². The maximum absolute atomic E-state index is 5.54. The van der Waals surface area contributed by atoms with E-state index in [9.17, 15) is 0 Å². The number of anilines is 1. The van der Waals surface area contributed by atoms with E-state index in [0.717, 1.165) is 5.69 Å². The van der Waals surface area contributed by atoms with Crippen LogP contribution in [0, 0.1) is 0 Å². The van der Waals surface area contributed by atoms with Gasteiger partial charge >= 0.3 is 0 Å². The lowest BCUT2D eigenvalue weighted by atomic mass is 10.3. The van der Waals surface area contributed by atoms with Crippen LogP contribution < -0.4 is 21.7 Å². The van der Waals surface area contributed by atoms with Gasteiger partial charge in [0.25, 0.3) is 0 Å². The number of benzene rings is 1. The number of nitrogens with zero attached hydrogens (tertiary/aromatic N) is 2. The summed E-state index contributed by atoms with van der Waals surface area (Å²) in [5.74, 6) is 0. The fourth-order valence-electron chi connectivity index (χ4n) is 1.25. The molecule has 4 N–H and O–H groups in total. The minimum absolute atomic E-state index is 0.186. The molecule has 5 nitrogen and oxygen atoms in total. The summed E-state index contributed by atoms with van der Waals surface area (Å²) in [6.07, 6.45) is 0. The van der Waals surface area contributed by atoms with Crippen molar-refractivity contribution in [2.75, 3.05) is 5.01 Å². The number of thiocarbonyl (C=S) groups is 2. The molecule has 15 heavy (non-hydrogen) atoms. The van der Waals surface area contributed by atoms with Gasteiger partial charge in [-0.25, -0.2) is 5.01 Å². The van der Waals surface area contributed by atoms with Gasteiger partial charge in [-0.15, -0.1) is 5.53 Å². The minimum Gasteiger partial charge on any atom is -0.374 e. The van der Waals surface area contributed by atoms with E-state index in [2.05, 4.69) is 11.0 Å². The molecule has 1 saturated heterocycles. The van der Waals surface area contributed by atoms with Crippen LogP contribution in [-0.4, -0.2) is 15.3 Å². The molecule has 1 aliphatic heterocycles. The Bertz CT molecular complexity index is 393. The molecule has 0 saturated carbocycles. The molecule has 78 valence electrons. The summed E-state index contributed by atoms with van der Waals surface area (Å²) >= 11 is 10.00. The maximum Gasteiger partial charge on any atom is 0.210 e. The molecule has 0 bridgehead atoms. The van der Waals surface area contributed by atoms with Crippen LogP contribution in [0.1, 0.15) is 0 Å². The summed E-state index contributed by atoms with van der Waals surface area (Å²) in [6, 6.07) is 9.56. The van der Waals surface area contributed by atoms with E-state index in [4.69, 9.17) is 30.2 Å². The summed E-state index contributed by atoms with van der Waals surface area (Å²) in [7, 11) is 0. The fourth-order valence-corrected chi connectivity index (χ4v) is 1.61. The van der Waals surface area contributed by atoms with E-state index in [-0.39, 0.29) is 5.11 Å². The average molecular weight is 239 g/mol. The standard InChI is InChI=1S/C8H9N5S2/c9-7(14)13-11-10-8(15)12(13)6-4-2-1-3-5-6/h1-5,11H,(H2,9,14)(H,10,15). The number of hydrogen-bond acceptors (Lipinski definition) is 3. The lowest BCUT2D eigenvalue weighted by molar-refractivity contribution is 0.348. The quantitative estimate of drug-likeness (QED) is 0.608. The van der Waals surface area contributed by atoms with Crippen LogP contribution in [0.15, 0.2) is 30.3 Å². The van der Waals surface area contributed by atoms with Crippen molar-refractivity contribution in [3.05, 3.63) is 30.3 Å². The lowest BCUT2D eigenvalue weighted by Gasteiger charge is -2.25. The molecule has 0 unspecified atom stereocenters. The molecule has 0 radical (unpaired) electrons. The Morgan fingerprint density at radius 2 is 1.93 bits per heavy atom. The van der Waals surface area contributed by atoms with Crippen molar-refractivity contribution in [1.82, 2.24) is 16.1 Å². The molecular formula is C8H9N5S2. The molecule has 1 aliphatic rings. The molecule has 2 rings (SSSR count). The first-order chi connectivity index (χ1) is 7.20. The summed E-state index contributed by atoms with van der Waals surface area (Å²) in [5, 5.41) is 3.82. The van der Waals surface area contributed by atoms with Crippen molar-refractivity contribution in [2.24, 2.45) is 5.73 Å². The van der Waals surface area contributed by atoms with Gasteiger partial charge in [0.1, 0.15) is 0 Å². The van der Waals surface area contributed by atoms with Gasteiger partial charge in [-0.2, -0.15) is 5.12 Å². The van der Waals surface area contributed by atoms with Gasteiger partial charge in [-0.1, -0.05) is 18.2 Å². The zero-order valence-corrected chi connectivity index (χ0v) is 9.31. The molecule has 1 aromatic carbocycles. The van der Waals surface area contributed by atoms with E-state index in [1.165, 1.54) is 5.12 Å². The summed E-state index contributed by atoms with van der Waals surface area (Å²) in [5.41, 5.74) is 11.9. The molecule has 1 aromatic rings. The summed E-state index contributed by atoms with van der Waals surface area (Å²) < 4.78 is 0. The van der Waals surface area contributed by atoms with Crippen LogP contribution in [0.5, 0.6) is 0 Å². The van der Waals surface area contributed by atoms with Crippen LogP contribution in [0.4, 0.5) is 5.69 Å². The highest BCUT2D eigenvalue weighted by molar-refractivity contribution is 7.80. The fraction of sp³-hybridized carbons (Fsp3) is 0. The molecule has 0 amide bonds. The zero-order chi connectivity index (χ0) is 10.8. The number of rotatable bonds is 1. The molecule has 7 heteroatoms. The second-order valence-corrected chi connectivity index (χ2v) is 3.64. The van der Waals surface area contributed by atoms with E-state index in [1.54, 1.807) is 5.01 Å². The van der Waals surface area contributed by atoms with Gasteiger partial charge in [0.15, 0.2) is 0 Å². The SMILES string of the molecule is NC(=S)N1NNC(=S)N1c1ccccc1. The smallest absolute Gasteiger partial charge is 0.210 e. The van der Waals surface area contributed by atoms with Crippen LogP contribution in [0.25, 0.3) is 0 Å². The Hall–Kier alpha value is -1.44. The third-order valence-electron chi connectivity index (χ3n) is 1.87. The van der Waals surface area contributed by atoms with Crippen molar-refractivity contribution in [3.63, 3.8) is 0 Å². The van der Waals surface area contributed by atoms with E-state index in [0.29, 0.717) is 5.11 Å². The molecular weight excluding hydrogens is 230 g/mol. The van der Waals surface area contributed by atoms with Gasteiger partial charge in [0.05, 0.1) is 5.69 Å². The highest BCUT2D eigenvalue weighted by atomic mass is 32.1. The van der Waals surface area contributed by atoms with Gasteiger partial charge in [-0.05, 0) is 36.6 Å². The molecule has 1 fully saturated rings. The first-order valence-corrected chi connectivity index (χ1v) is 5.02. The largest absolute Gasteiger partial charge is 0.374 e. The van der Waals surface area contributed by atoms with Crippen molar-refractivity contribution < 1.29 is 0 Å². The summed E-state index contributed by atoms with van der Waals surface area (Å²) in [4.78, 5) is 0. The number of hydrogen-bond donors (Lipinski definition) is 3. The van der Waals surface area contributed by atoms with Crippen molar-refractivity contribution >= 4 is 40.3 Å². The van der Waals surface area contributed by atoms with Gasteiger partial charge in [0.2, 0.25) is 10.2 Å². The molecule has 0 spiro atoms. The van der Waals surface area contributed by atoms with Crippen LogP contribution in [0.2, 0.25) is 0 Å². The topological polar surface area (TPSA) is 56.6 Å². The van der Waals surface area contributed by atoms with Crippen LogP contribution in [0.3, 0.4) is 0 Å². The van der Waals surface area contributed by atoms with E-state index in [1.807, 2.05) is 30.3 Å². The predicted molar refractivity (Wildman–Crippen MR) is 66.4 cm³/mol. The zero-order valence-electron chi connectivity index (χ0n) is 7.68. The molecule has 1 heterocycles. The minimum atomic E-state index is 0.186. The third-order valence-corrected chi connectivity index (χ3v) is 2.32. The first-order valence-electron chi connectivity index (χ1n) is 4.20. The number of nitrogens with one attached hydrogen (secondary N) is 2. The Kier molecular flexibility index (Phi) is 2.67. The lowest BCUT2D eigenvalue weighted by Crippen LogP contribution is -2.50. The third kappa shape index (κ3) is 1.84. The maximum atomic E-state index is 5.54. The Balaban J connectivity index is 2.33. The summed E-state index contributed by atoms with van der Waals surface area (Å²) in [6.45, 7) is 0. The van der Waals surface area contributed by atoms with Gasteiger partial charge in [0, 0.05) is 0 Å². The number of para-hydroxylation sites is 1. The van der Waals surface area contributed by atoms with Crippen molar-refractivity contribution in [1.29, 1.82) is 0 Å². The van der Waals surface area contributed by atoms with E-state index < -0.39 is 0 Å².